The Bertz CT molecular complexity index is 2190. The van der Waals surface area contributed by atoms with Gasteiger partial charge in [0.1, 0.15) is 30.5 Å². The Kier molecular flexibility index (Phi) is 29.4. The van der Waals surface area contributed by atoms with Gasteiger partial charge in [0.25, 0.3) is 0 Å². The minimum absolute atomic E-state index is 0.126. The topological polar surface area (TPSA) is 391 Å². The number of amides is 1. The highest BCUT2D eigenvalue weighted by Crippen LogP contribution is 2.39. The quantitative estimate of drug-likeness (QED) is 0.119. The lowest BCUT2D eigenvalue weighted by Crippen LogP contribution is -2.69. The fraction of sp³-hybridized carbons (Fsp3) is 0.733. The highest BCUT2D eigenvalue weighted by atomic mass is 16.7. The maximum atomic E-state index is 14.2. The van der Waals surface area contributed by atoms with E-state index in [1.807, 2.05) is 13.0 Å². The molecular weight excluding hydrogens is 1100 g/mol. The molecule has 23 atom stereocenters. The summed E-state index contributed by atoms with van der Waals surface area (Å²) in [4.78, 5) is 29.2. The first kappa shape index (κ1) is 71.1. The predicted molar refractivity (Wildman–Crippen MR) is 305 cm³/mol. The van der Waals surface area contributed by atoms with Crippen LogP contribution in [0.15, 0.2) is 85.1 Å². The highest BCUT2D eigenvalue weighted by molar-refractivity contribution is 5.80. The van der Waals surface area contributed by atoms with Crippen molar-refractivity contribution >= 4 is 11.9 Å². The molecule has 24 heteroatoms. The van der Waals surface area contributed by atoms with Gasteiger partial charge in [-0.1, -0.05) is 105 Å². The number of fused-ring (bicyclic) bond motifs is 2. The van der Waals surface area contributed by atoms with Gasteiger partial charge in [-0.25, -0.2) is 0 Å². The number of carbonyl (C=O) groups is 2. The number of nitrogens with zero attached hydrogens (tertiary/aromatic N) is 1. The second kappa shape index (κ2) is 34.8. The summed E-state index contributed by atoms with van der Waals surface area (Å²) in [5.74, 6) is -8.30. The van der Waals surface area contributed by atoms with Crippen molar-refractivity contribution in [1.29, 1.82) is 0 Å². The Labute approximate surface area is 492 Å². The van der Waals surface area contributed by atoms with Gasteiger partial charge in [-0.05, 0) is 59.0 Å². The summed E-state index contributed by atoms with van der Waals surface area (Å²) in [7, 11) is 0. The van der Waals surface area contributed by atoms with Crippen molar-refractivity contribution in [2.75, 3.05) is 39.3 Å². The van der Waals surface area contributed by atoms with Crippen molar-refractivity contribution in [1.82, 2.24) is 15.5 Å². The summed E-state index contributed by atoms with van der Waals surface area (Å²) in [6.07, 6.45) is 0.371. The van der Waals surface area contributed by atoms with E-state index >= 15 is 0 Å². The number of hydrogen-bond acceptors (Lipinski definition) is 23. The first-order valence-corrected chi connectivity index (χ1v) is 29.7. The van der Waals surface area contributed by atoms with Crippen molar-refractivity contribution in [3.8, 4) is 0 Å². The number of aliphatic hydroxyl groups excluding tert-OH is 12. The molecule has 1 amide bonds. The summed E-state index contributed by atoms with van der Waals surface area (Å²) >= 11 is 0. The summed E-state index contributed by atoms with van der Waals surface area (Å²) in [5, 5.41) is 160. The summed E-state index contributed by atoms with van der Waals surface area (Å²) in [5.41, 5.74) is 0. The monoisotopic (exact) mass is 1200 g/mol. The minimum Gasteiger partial charge on any atom is -0.462 e. The van der Waals surface area contributed by atoms with Crippen LogP contribution in [-0.2, 0) is 33.3 Å². The predicted octanol–water partition coefficient (Wildman–Crippen LogP) is -1.34. The molecule has 4 fully saturated rings. The van der Waals surface area contributed by atoms with Crippen molar-refractivity contribution in [3.05, 3.63) is 85.1 Å². The molecule has 0 spiro atoms. The molecular formula is C60H97N3O21. The lowest BCUT2D eigenvalue weighted by atomic mass is 9.82. The third kappa shape index (κ3) is 22.2. The molecule has 0 aromatic heterocycles. The van der Waals surface area contributed by atoms with Crippen molar-refractivity contribution in [3.63, 3.8) is 0 Å². The summed E-state index contributed by atoms with van der Waals surface area (Å²) in [6.45, 7) is 7.98. The van der Waals surface area contributed by atoms with Gasteiger partial charge in [-0.2, -0.15) is 0 Å². The number of rotatable bonds is 9. The van der Waals surface area contributed by atoms with Crippen LogP contribution in [-0.4, -0.2) is 249 Å². The molecule has 478 valence electrons. The zero-order valence-electron chi connectivity index (χ0n) is 48.8. The van der Waals surface area contributed by atoms with E-state index in [1.165, 1.54) is 6.92 Å². The van der Waals surface area contributed by atoms with Crippen LogP contribution < -0.4 is 10.6 Å². The Morgan fingerprint density at radius 3 is 1.92 bits per heavy atom. The van der Waals surface area contributed by atoms with E-state index in [9.17, 15) is 81.1 Å². The van der Waals surface area contributed by atoms with Crippen LogP contribution in [0.2, 0.25) is 0 Å². The molecule has 0 radical (unpaired) electrons. The second-order valence-electron chi connectivity index (χ2n) is 23.4. The SMILES string of the molecule is C[C@@H]1[C@H](O)[C@@H](C)C=CC=CC=CC=CC=CC=CC=C[C@H](OC2O[C@H](C)[C@@H](O)[C@H](NC[C@@]3(O)OC[C@@H](O)[C@@H](O)[C@@H]3O)[C@@H]2O)CC2O[C@](O)(C[C@@H](O)C[C@@H](O)[C@H](O)CC[C@@H](O)C[C@@H](O)CC(=O)O[C@H]1C)C[C@H](O)C2C(=O)NCCN1CCCCC1. The third-order valence-corrected chi connectivity index (χ3v) is 16.4. The molecule has 2 bridgehead atoms. The molecule has 16 N–H and O–H groups in total. The molecule has 3 unspecified atom stereocenters. The van der Waals surface area contributed by atoms with Gasteiger partial charge in [-0.3, -0.25) is 9.59 Å². The maximum absolute atomic E-state index is 14.2. The van der Waals surface area contributed by atoms with Gasteiger partial charge in [-0.15, -0.1) is 0 Å². The number of aliphatic hydroxyl groups is 14. The Morgan fingerprint density at radius 1 is 0.655 bits per heavy atom. The van der Waals surface area contributed by atoms with Crippen LogP contribution in [0.5, 0.6) is 0 Å². The first-order chi connectivity index (χ1) is 39.8. The Balaban J connectivity index is 1.42. The van der Waals surface area contributed by atoms with Crippen LogP contribution >= 0.6 is 0 Å². The smallest absolute Gasteiger partial charge is 0.308 e. The number of cyclic esters (lactones) is 1. The van der Waals surface area contributed by atoms with Gasteiger partial charge in [0.2, 0.25) is 11.7 Å². The molecule has 5 rings (SSSR count). The number of nitrogens with one attached hydrogen (secondary N) is 2. The average molecular weight is 1200 g/mol. The van der Waals surface area contributed by atoms with E-state index in [1.54, 1.807) is 92.8 Å². The van der Waals surface area contributed by atoms with Gasteiger partial charge in [0.15, 0.2) is 12.1 Å². The van der Waals surface area contributed by atoms with Crippen LogP contribution in [0, 0.1) is 17.8 Å². The maximum Gasteiger partial charge on any atom is 0.308 e. The number of allylic oxidation sites excluding steroid dienone is 12. The molecule has 84 heavy (non-hydrogen) atoms. The van der Waals surface area contributed by atoms with Crippen molar-refractivity contribution in [2.45, 2.75) is 220 Å². The molecule has 5 aliphatic rings. The Morgan fingerprint density at radius 2 is 1.27 bits per heavy atom. The molecule has 0 aromatic carbocycles. The van der Waals surface area contributed by atoms with Crippen LogP contribution in [0.25, 0.3) is 0 Å². The van der Waals surface area contributed by atoms with E-state index in [-0.39, 0.29) is 38.1 Å². The van der Waals surface area contributed by atoms with Crippen LogP contribution in [0.3, 0.4) is 0 Å². The number of ether oxygens (including phenoxy) is 5. The molecule has 5 heterocycles. The first-order valence-electron chi connectivity index (χ1n) is 29.7. The van der Waals surface area contributed by atoms with E-state index in [2.05, 4.69) is 15.5 Å². The number of carbonyl (C=O) groups excluding carboxylic acids is 2. The number of piperidine rings is 1. The van der Waals surface area contributed by atoms with Crippen molar-refractivity contribution in [2.24, 2.45) is 17.8 Å². The standard InChI is InChI=1S/C60H97N3O21/c1-36-20-16-13-11-9-7-5-6-8-10-12-14-17-21-43(83-58-55(75)51(53(73)39(4)82-58)62-35-60(79)56(76)54(74)47(70)34-80-60)31-48-50(57(77)61-24-27-63-25-18-15-19-26-63)46(69)33-59(78,84-48)32-42(66)29-45(68)44(67)23-22-40(64)28-41(65)30-49(71)81-38(3)37(2)52(36)72/h5-14,16-17,20-21,36-48,50-56,58,62,64-70,72-76,78-79H,15,18-19,22-35H2,1-4H3,(H,61,77)/t36-,37-,38-,39+,40+,41+,42-,43-,44+,45+,46-,47+,48?,50?,51-,52+,53+,54+,55-,56-,58?,59+,60+/m0/s1. The molecule has 0 aromatic rings. The van der Waals surface area contributed by atoms with Gasteiger partial charge in [0, 0.05) is 50.6 Å². The molecule has 24 nitrogen and oxygen atoms in total. The highest BCUT2D eigenvalue weighted by Gasteiger charge is 2.53. The summed E-state index contributed by atoms with van der Waals surface area (Å²) in [6, 6.07) is -1.34. The summed E-state index contributed by atoms with van der Waals surface area (Å²) < 4.78 is 29.5. The number of esters is 1. The van der Waals surface area contributed by atoms with E-state index < -0.39 is 184 Å². The Hall–Kier alpha value is -3.68. The van der Waals surface area contributed by atoms with E-state index in [4.69, 9.17) is 23.7 Å². The zero-order valence-corrected chi connectivity index (χ0v) is 48.8. The largest absolute Gasteiger partial charge is 0.462 e. The van der Waals surface area contributed by atoms with Gasteiger partial charge < -0.3 is 111 Å². The molecule has 4 saturated heterocycles. The fourth-order valence-electron chi connectivity index (χ4n) is 11.1. The fourth-order valence-corrected chi connectivity index (χ4v) is 11.1. The van der Waals surface area contributed by atoms with Gasteiger partial charge >= 0.3 is 5.97 Å². The normalized spacial score (nSPS) is 42.1. The van der Waals surface area contributed by atoms with Crippen molar-refractivity contribution < 1.29 is 105 Å². The third-order valence-electron chi connectivity index (χ3n) is 16.4. The number of likely N-dealkylation sites (tertiary alicyclic amines) is 1. The lowest BCUT2D eigenvalue weighted by molar-refractivity contribution is -0.323. The number of hydrogen-bond donors (Lipinski definition) is 16. The molecule has 0 aliphatic carbocycles. The lowest BCUT2D eigenvalue weighted by Gasteiger charge is -2.47. The minimum atomic E-state index is -2.46. The van der Waals surface area contributed by atoms with Crippen LogP contribution in [0.4, 0.5) is 0 Å². The molecule has 5 aliphatic heterocycles. The van der Waals surface area contributed by atoms with E-state index in [0.29, 0.717) is 6.54 Å². The van der Waals surface area contributed by atoms with Crippen LogP contribution in [0.1, 0.15) is 98.3 Å². The average Bonchev–Trinajstić information content (AvgIpc) is 3.51. The zero-order chi connectivity index (χ0) is 61.7. The molecule has 0 saturated carbocycles. The van der Waals surface area contributed by atoms with E-state index in [0.717, 1.165) is 32.4 Å². The van der Waals surface area contributed by atoms with Gasteiger partial charge in [0.05, 0.1) is 98.7 Å². The second-order valence-corrected chi connectivity index (χ2v) is 23.4.